The Morgan fingerprint density at radius 3 is 2.54 bits per heavy atom. The van der Waals surface area contributed by atoms with E-state index in [2.05, 4.69) is 11.2 Å². The van der Waals surface area contributed by atoms with Crippen LogP contribution in [0.5, 0.6) is 5.75 Å². The van der Waals surface area contributed by atoms with E-state index in [0.717, 1.165) is 0 Å². The van der Waals surface area contributed by atoms with Gasteiger partial charge in [-0.3, -0.25) is 9.59 Å². The number of carbonyl (C=O) groups is 3. The number of hydrogen-bond acceptors (Lipinski definition) is 11. The second kappa shape index (κ2) is 13.6. The molecule has 1 aromatic carbocycles. The van der Waals surface area contributed by atoms with Crippen LogP contribution in [0.4, 0.5) is 4.79 Å². The molecule has 188 valence electrons. The molecule has 1 saturated heterocycles. The molecule has 1 aromatic rings. The van der Waals surface area contributed by atoms with Crippen LogP contribution < -0.4 is 10.1 Å². The van der Waals surface area contributed by atoms with E-state index in [4.69, 9.17) is 38.0 Å². The SMILES string of the molecule is [B]C(=O)OCc1ccc(O[C@@H]2O[C@H](C(=O)O)[C@@H](O)[C@H](O)[C@H]2O)c(C(=O)NCCOCOCC#C)c1. The maximum Gasteiger partial charge on any atom is 0.335 e. The van der Waals surface area contributed by atoms with Gasteiger partial charge < -0.3 is 49.4 Å². The molecule has 1 amide bonds. The molecule has 1 heterocycles. The van der Waals surface area contributed by atoms with Crippen molar-refractivity contribution in [2.24, 2.45) is 0 Å². The Kier molecular flexibility index (Phi) is 10.9. The highest BCUT2D eigenvalue weighted by Gasteiger charge is 2.48. The summed E-state index contributed by atoms with van der Waals surface area (Å²) in [5.74, 6) is -1.21. The van der Waals surface area contributed by atoms with Crippen LogP contribution in [0.3, 0.4) is 0 Å². The minimum Gasteiger partial charge on any atom is -0.479 e. The first-order valence-electron chi connectivity index (χ1n) is 10.2. The van der Waals surface area contributed by atoms with Gasteiger partial charge in [-0.05, 0) is 17.7 Å². The lowest BCUT2D eigenvalue weighted by Gasteiger charge is -2.38. The van der Waals surface area contributed by atoms with Crippen molar-refractivity contribution >= 4 is 25.6 Å². The zero-order chi connectivity index (χ0) is 26.0. The van der Waals surface area contributed by atoms with E-state index in [1.165, 1.54) is 18.2 Å². The smallest absolute Gasteiger partial charge is 0.335 e. The molecule has 2 radical (unpaired) electrons. The molecule has 14 heteroatoms. The molecule has 0 unspecified atom stereocenters. The minimum atomic E-state index is -1.91. The Morgan fingerprint density at radius 2 is 1.89 bits per heavy atom. The first-order valence-corrected chi connectivity index (χ1v) is 10.2. The van der Waals surface area contributed by atoms with Crippen molar-refractivity contribution in [3.63, 3.8) is 0 Å². The first-order chi connectivity index (χ1) is 16.6. The van der Waals surface area contributed by atoms with E-state index in [1.807, 2.05) is 0 Å². The van der Waals surface area contributed by atoms with Crippen LogP contribution in [0.15, 0.2) is 18.2 Å². The summed E-state index contributed by atoms with van der Waals surface area (Å²) >= 11 is 0. The molecule has 13 nitrogen and oxygen atoms in total. The summed E-state index contributed by atoms with van der Waals surface area (Å²) in [4.78, 5) is 35.0. The van der Waals surface area contributed by atoms with Gasteiger partial charge >= 0.3 is 5.97 Å². The lowest BCUT2D eigenvalue weighted by atomic mass is 9.99. The molecule has 5 atom stereocenters. The van der Waals surface area contributed by atoms with Crippen molar-refractivity contribution in [2.75, 3.05) is 26.6 Å². The summed E-state index contributed by atoms with van der Waals surface area (Å²) in [6.45, 7) is -0.152. The molecule has 1 aliphatic heterocycles. The summed E-state index contributed by atoms with van der Waals surface area (Å²) in [5, 5.41) is 41.7. The third-order valence-electron chi connectivity index (χ3n) is 4.61. The number of carboxylic acids is 1. The number of ether oxygens (including phenoxy) is 5. The highest BCUT2D eigenvalue weighted by atomic mass is 16.7. The van der Waals surface area contributed by atoms with Gasteiger partial charge in [-0.15, -0.1) is 6.42 Å². The fourth-order valence-corrected chi connectivity index (χ4v) is 2.93. The number of terminal acetylenes is 1. The number of rotatable bonds is 12. The van der Waals surface area contributed by atoms with Crippen molar-refractivity contribution in [3.05, 3.63) is 29.3 Å². The van der Waals surface area contributed by atoms with Crippen LogP contribution in [0.25, 0.3) is 0 Å². The first kappa shape index (κ1) is 28.1. The second-order valence-corrected chi connectivity index (χ2v) is 7.13. The number of aliphatic hydroxyl groups excluding tert-OH is 3. The fourth-order valence-electron chi connectivity index (χ4n) is 2.93. The second-order valence-electron chi connectivity index (χ2n) is 7.13. The van der Waals surface area contributed by atoms with Gasteiger partial charge in [-0.1, -0.05) is 12.0 Å². The van der Waals surface area contributed by atoms with Crippen molar-refractivity contribution in [1.82, 2.24) is 5.32 Å². The Hall–Kier alpha value is -3.19. The number of aliphatic carboxylic acids is 1. The Morgan fingerprint density at radius 1 is 1.14 bits per heavy atom. The predicted octanol–water partition coefficient (Wildman–Crippen LogP) is -1.88. The lowest BCUT2D eigenvalue weighted by Crippen LogP contribution is -2.61. The van der Waals surface area contributed by atoms with Gasteiger partial charge in [-0.25, -0.2) is 4.79 Å². The van der Waals surface area contributed by atoms with Crippen molar-refractivity contribution in [2.45, 2.75) is 37.3 Å². The molecule has 35 heavy (non-hydrogen) atoms. The van der Waals surface area contributed by atoms with Crippen molar-refractivity contribution < 1.29 is 58.5 Å². The molecule has 1 aliphatic rings. The summed E-state index contributed by atoms with van der Waals surface area (Å²) in [7, 11) is 4.96. The van der Waals surface area contributed by atoms with Gasteiger partial charge in [0, 0.05) is 6.54 Å². The zero-order valence-electron chi connectivity index (χ0n) is 18.4. The fraction of sp³-hybridized carbons (Fsp3) is 0.476. The van der Waals surface area contributed by atoms with E-state index < -0.39 is 48.5 Å². The third kappa shape index (κ3) is 8.21. The number of nitrogens with one attached hydrogen (secondary N) is 1. The van der Waals surface area contributed by atoms with Crippen LogP contribution >= 0.6 is 0 Å². The molecule has 0 saturated carbocycles. The summed E-state index contributed by atoms with van der Waals surface area (Å²) in [5.41, 5.74) is 0.242. The van der Waals surface area contributed by atoms with Crippen LogP contribution in [-0.2, 0) is 30.3 Å². The number of hydrogen-bond donors (Lipinski definition) is 5. The molecule has 0 spiro atoms. The topological polar surface area (TPSA) is 190 Å². The molecule has 5 N–H and O–H groups in total. The molecule has 2 rings (SSSR count). The van der Waals surface area contributed by atoms with Gasteiger partial charge in [0.2, 0.25) is 20.0 Å². The predicted molar refractivity (Wildman–Crippen MR) is 115 cm³/mol. The van der Waals surface area contributed by atoms with E-state index in [9.17, 15) is 34.8 Å². The number of aliphatic hydroxyl groups is 3. The van der Waals surface area contributed by atoms with E-state index in [1.54, 1.807) is 0 Å². The van der Waals surface area contributed by atoms with E-state index in [-0.39, 0.29) is 44.5 Å². The van der Waals surface area contributed by atoms with Gasteiger partial charge in [0.25, 0.3) is 5.91 Å². The Labute approximate surface area is 201 Å². The molecular weight excluding hydrogens is 469 g/mol. The average molecular weight is 493 g/mol. The van der Waals surface area contributed by atoms with Crippen molar-refractivity contribution in [3.8, 4) is 18.1 Å². The monoisotopic (exact) mass is 493 g/mol. The van der Waals surface area contributed by atoms with Crippen LogP contribution in [0.1, 0.15) is 15.9 Å². The Bertz CT molecular complexity index is 935. The largest absolute Gasteiger partial charge is 0.479 e. The number of benzene rings is 1. The maximum atomic E-state index is 12.8. The number of carbonyl (C=O) groups excluding carboxylic acids is 2. The van der Waals surface area contributed by atoms with Gasteiger partial charge in [0.1, 0.15) is 44.1 Å². The number of carboxylic acid groups (broad SMARTS) is 1. The van der Waals surface area contributed by atoms with Crippen LogP contribution in [0.2, 0.25) is 0 Å². The quantitative estimate of drug-likeness (QED) is 0.0944. The normalized spacial score (nSPS) is 23.7. The molecule has 0 bridgehead atoms. The molecule has 0 aliphatic carbocycles. The zero-order valence-corrected chi connectivity index (χ0v) is 18.4. The lowest BCUT2D eigenvalue weighted by molar-refractivity contribution is -0.271. The highest BCUT2D eigenvalue weighted by molar-refractivity contribution is 6.55. The standard InChI is InChI=1S/C21H24BNO12/c1-2-6-31-10-32-7-5-23-18(27)12-8-11(9-33-21(22)30)3-4-13(12)34-20-16(26)14(24)15(25)17(35-20)19(28)29/h1,3-4,8,14-17,20,24-26H,5-7,9-10H2,(H,23,27)(H,28,29)/t14-,15-,16+,17-,20+/m0/s1. The van der Waals surface area contributed by atoms with E-state index in [0.29, 0.717) is 5.56 Å². The summed E-state index contributed by atoms with van der Waals surface area (Å²) in [6, 6.07) is 4.00. The highest BCUT2D eigenvalue weighted by Crippen LogP contribution is 2.28. The minimum absolute atomic E-state index is 0.0498. The van der Waals surface area contributed by atoms with Crippen LogP contribution in [0, 0.1) is 12.3 Å². The van der Waals surface area contributed by atoms with Gasteiger partial charge in [-0.2, -0.15) is 0 Å². The van der Waals surface area contributed by atoms with Gasteiger partial charge in [0.05, 0.1) is 12.2 Å². The molecule has 0 aromatic heterocycles. The number of amides is 1. The maximum absolute atomic E-state index is 12.8. The summed E-state index contributed by atoms with van der Waals surface area (Å²) in [6.07, 6.45) is -4.26. The summed E-state index contributed by atoms with van der Waals surface area (Å²) < 4.78 is 25.4. The van der Waals surface area contributed by atoms with Gasteiger partial charge in [0.15, 0.2) is 6.10 Å². The molecular formula is C21H24BNO12. The third-order valence-corrected chi connectivity index (χ3v) is 4.61. The molecule has 1 fully saturated rings. The van der Waals surface area contributed by atoms with Crippen LogP contribution in [-0.4, -0.2) is 103 Å². The van der Waals surface area contributed by atoms with Crippen molar-refractivity contribution in [1.29, 1.82) is 0 Å². The Balaban J connectivity index is 2.16. The van der Waals surface area contributed by atoms with E-state index >= 15 is 0 Å². The average Bonchev–Trinajstić information content (AvgIpc) is 2.82.